The Balaban J connectivity index is 2.83. The Kier molecular flexibility index (Phi) is 5.60. The monoisotopic (exact) mass is 278 g/mol. The molecule has 6 heteroatoms. The molecule has 0 radical (unpaired) electrons. The molecular formula is C13H18F4N2. The van der Waals surface area contributed by atoms with Crippen molar-refractivity contribution in [3.63, 3.8) is 0 Å². The molecule has 0 unspecified atom stereocenters. The van der Waals surface area contributed by atoms with E-state index in [2.05, 4.69) is 5.32 Å². The van der Waals surface area contributed by atoms with Crippen molar-refractivity contribution in [3.05, 3.63) is 29.6 Å². The van der Waals surface area contributed by atoms with Crippen molar-refractivity contribution in [1.82, 2.24) is 5.32 Å². The third-order valence-corrected chi connectivity index (χ3v) is 2.79. The fraction of sp³-hybridized carbons (Fsp3) is 0.538. The van der Waals surface area contributed by atoms with Gasteiger partial charge in [0.05, 0.1) is 6.42 Å². The van der Waals surface area contributed by atoms with Gasteiger partial charge in [-0.15, -0.1) is 0 Å². The first kappa shape index (κ1) is 15.8. The minimum absolute atomic E-state index is 0.188. The van der Waals surface area contributed by atoms with Gasteiger partial charge in [0.2, 0.25) is 0 Å². The van der Waals surface area contributed by atoms with Gasteiger partial charge in [0, 0.05) is 31.4 Å². The van der Waals surface area contributed by atoms with E-state index in [4.69, 9.17) is 0 Å². The van der Waals surface area contributed by atoms with Gasteiger partial charge < -0.3 is 10.2 Å². The molecule has 1 aromatic rings. The second-order valence-corrected chi connectivity index (χ2v) is 4.30. The quantitative estimate of drug-likeness (QED) is 0.803. The van der Waals surface area contributed by atoms with E-state index in [0.717, 1.165) is 0 Å². The highest BCUT2D eigenvalue weighted by Gasteiger charge is 2.27. The Morgan fingerprint density at radius 2 is 1.95 bits per heavy atom. The van der Waals surface area contributed by atoms with E-state index < -0.39 is 18.4 Å². The van der Waals surface area contributed by atoms with Gasteiger partial charge in [-0.3, -0.25) is 0 Å². The highest BCUT2D eigenvalue weighted by molar-refractivity contribution is 5.53. The van der Waals surface area contributed by atoms with Crippen LogP contribution >= 0.6 is 0 Å². The van der Waals surface area contributed by atoms with Gasteiger partial charge in [0.15, 0.2) is 0 Å². The van der Waals surface area contributed by atoms with E-state index >= 15 is 0 Å². The van der Waals surface area contributed by atoms with Crippen LogP contribution in [-0.2, 0) is 6.54 Å². The van der Waals surface area contributed by atoms with Gasteiger partial charge in [-0.1, -0.05) is 13.0 Å². The van der Waals surface area contributed by atoms with Gasteiger partial charge in [0.25, 0.3) is 0 Å². The second kappa shape index (κ2) is 6.75. The topological polar surface area (TPSA) is 15.3 Å². The summed E-state index contributed by atoms with van der Waals surface area (Å²) in [4.78, 5) is 1.43. The van der Waals surface area contributed by atoms with Gasteiger partial charge in [0.1, 0.15) is 5.82 Å². The number of hydrogen-bond donors (Lipinski definition) is 1. The van der Waals surface area contributed by atoms with E-state index in [1.807, 2.05) is 6.92 Å². The number of nitrogens with zero attached hydrogens (tertiary/aromatic N) is 1. The Morgan fingerprint density at radius 3 is 2.53 bits per heavy atom. The molecule has 19 heavy (non-hydrogen) atoms. The molecule has 0 aliphatic rings. The zero-order valence-corrected chi connectivity index (χ0v) is 11.0. The lowest BCUT2D eigenvalue weighted by Crippen LogP contribution is -2.26. The first-order valence-electron chi connectivity index (χ1n) is 6.11. The van der Waals surface area contributed by atoms with Gasteiger partial charge >= 0.3 is 6.18 Å². The van der Waals surface area contributed by atoms with Crippen molar-refractivity contribution in [1.29, 1.82) is 0 Å². The highest BCUT2D eigenvalue weighted by Crippen LogP contribution is 2.25. The molecule has 0 saturated heterocycles. The van der Waals surface area contributed by atoms with Gasteiger partial charge in [-0.05, 0) is 18.7 Å². The van der Waals surface area contributed by atoms with Crippen LogP contribution in [0.1, 0.15) is 18.9 Å². The zero-order chi connectivity index (χ0) is 14.5. The molecule has 0 fully saturated rings. The third kappa shape index (κ3) is 5.06. The number of anilines is 1. The average molecular weight is 278 g/mol. The van der Waals surface area contributed by atoms with Crippen LogP contribution < -0.4 is 10.2 Å². The van der Waals surface area contributed by atoms with Gasteiger partial charge in [-0.25, -0.2) is 4.39 Å². The normalized spacial score (nSPS) is 11.7. The largest absolute Gasteiger partial charge is 0.390 e. The maximum atomic E-state index is 13.7. The Labute approximate surface area is 110 Å². The molecule has 2 nitrogen and oxygen atoms in total. The fourth-order valence-electron chi connectivity index (χ4n) is 1.74. The van der Waals surface area contributed by atoms with Crippen LogP contribution in [0.3, 0.4) is 0 Å². The predicted octanol–water partition coefficient (Wildman–Crippen LogP) is 3.32. The van der Waals surface area contributed by atoms with Crippen LogP contribution in [0, 0.1) is 5.82 Å². The molecule has 0 aliphatic carbocycles. The SMILES string of the molecule is CCNCc1c(F)cccc1N(C)CCC(F)(F)F. The summed E-state index contributed by atoms with van der Waals surface area (Å²) in [7, 11) is 1.54. The summed E-state index contributed by atoms with van der Waals surface area (Å²) in [6, 6.07) is 4.45. The molecule has 108 valence electrons. The molecule has 0 amide bonds. The van der Waals surface area contributed by atoms with E-state index in [1.165, 1.54) is 24.1 Å². The minimum Gasteiger partial charge on any atom is -0.374 e. The lowest BCUT2D eigenvalue weighted by atomic mass is 10.1. The number of hydrogen-bond acceptors (Lipinski definition) is 2. The Bertz CT molecular complexity index is 404. The lowest BCUT2D eigenvalue weighted by Gasteiger charge is -2.23. The summed E-state index contributed by atoms with van der Waals surface area (Å²) in [5.74, 6) is -0.405. The summed E-state index contributed by atoms with van der Waals surface area (Å²) >= 11 is 0. The first-order valence-corrected chi connectivity index (χ1v) is 6.11. The zero-order valence-electron chi connectivity index (χ0n) is 11.0. The number of rotatable bonds is 6. The summed E-state index contributed by atoms with van der Waals surface area (Å²) in [5, 5.41) is 2.98. The molecule has 1 N–H and O–H groups in total. The maximum absolute atomic E-state index is 13.7. The van der Waals surface area contributed by atoms with Crippen molar-refractivity contribution in [2.45, 2.75) is 26.1 Å². The van der Waals surface area contributed by atoms with E-state index in [1.54, 1.807) is 6.07 Å². The van der Waals surface area contributed by atoms with E-state index in [-0.39, 0.29) is 6.54 Å². The van der Waals surface area contributed by atoms with Gasteiger partial charge in [-0.2, -0.15) is 13.2 Å². The van der Waals surface area contributed by atoms with Crippen molar-refractivity contribution in [2.75, 3.05) is 25.0 Å². The van der Waals surface area contributed by atoms with E-state index in [9.17, 15) is 17.6 Å². The van der Waals surface area contributed by atoms with Crippen molar-refractivity contribution >= 4 is 5.69 Å². The molecule has 0 bridgehead atoms. The molecule has 0 atom stereocenters. The van der Waals surface area contributed by atoms with Crippen LogP contribution in [-0.4, -0.2) is 26.3 Å². The van der Waals surface area contributed by atoms with Crippen LogP contribution in [0.2, 0.25) is 0 Å². The molecule has 0 heterocycles. The number of halogens is 4. The summed E-state index contributed by atoms with van der Waals surface area (Å²) < 4.78 is 50.3. The molecule has 0 saturated carbocycles. The van der Waals surface area contributed by atoms with Crippen molar-refractivity contribution in [3.8, 4) is 0 Å². The number of nitrogens with one attached hydrogen (secondary N) is 1. The molecular weight excluding hydrogens is 260 g/mol. The third-order valence-electron chi connectivity index (χ3n) is 2.79. The molecule has 0 aliphatic heterocycles. The predicted molar refractivity (Wildman–Crippen MR) is 67.7 cm³/mol. The molecule has 0 spiro atoms. The molecule has 0 aromatic heterocycles. The standard InChI is InChI=1S/C13H18F4N2/c1-3-18-9-10-11(14)5-4-6-12(10)19(2)8-7-13(15,16)17/h4-6,18H,3,7-9H2,1-2H3. The van der Waals surface area contributed by atoms with Crippen LogP contribution in [0.15, 0.2) is 18.2 Å². The summed E-state index contributed by atoms with van der Waals surface area (Å²) in [5.41, 5.74) is 0.888. The minimum atomic E-state index is -4.20. The first-order chi connectivity index (χ1) is 8.85. The van der Waals surface area contributed by atoms with Crippen LogP contribution in [0.4, 0.5) is 23.2 Å². The Morgan fingerprint density at radius 1 is 1.26 bits per heavy atom. The maximum Gasteiger partial charge on any atom is 0.390 e. The highest BCUT2D eigenvalue weighted by atomic mass is 19.4. The van der Waals surface area contributed by atoms with Crippen molar-refractivity contribution < 1.29 is 17.6 Å². The lowest BCUT2D eigenvalue weighted by molar-refractivity contribution is -0.132. The summed E-state index contributed by atoms with van der Waals surface area (Å²) in [6.07, 6.45) is -5.12. The number of benzene rings is 1. The molecule has 1 rings (SSSR count). The second-order valence-electron chi connectivity index (χ2n) is 4.30. The van der Waals surface area contributed by atoms with Crippen molar-refractivity contribution in [2.24, 2.45) is 0 Å². The average Bonchev–Trinajstić information content (AvgIpc) is 2.33. The van der Waals surface area contributed by atoms with Crippen LogP contribution in [0.5, 0.6) is 0 Å². The van der Waals surface area contributed by atoms with E-state index in [0.29, 0.717) is 24.3 Å². The fourth-order valence-corrected chi connectivity index (χ4v) is 1.74. The summed E-state index contributed by atoms with van der Waals surface area (Å²) in [6.45, 7) is 2.66. The Hall–Kier alpha value is -1.30. The van der Waals surface area contributed by atoms with Crippen LogP contribution in [0.25, 0.3) is 0 Å². The number of alkyl halides is 3. The molecule has 1 aromatic carbocycles. The smallest absolute Gasteiger partial charge is 0.374 e.